The molecule has 0 saturated heterocycles. The maximum atomic E-state index is 11.5. The van der Waals surface area contributed by atoms with Crippen LogP contribution in [0.4, 0.5) is 0 Å². The Morgan fingerprint density at radius 1 is 1.30 bits per heavy atom. The summed E-state index contributed by atoms with van der Waals surface area (Å²) in [5.41, 5.74) is 2.75. The molecular formula is C13H16N4O3. The quantitative estimate of drug-likeness (QED) is 0.695. The van der Waals surface area contributed by atoms with Crippen molar-refractivity contribution in [3.63, 3.8) is 0 Å². The topological polar surface area (TPSA) is 108 Å². The monoisotopic (exact) mass is 276 g/mol. The van der Waals surface area contributed by atoms with Crippen LogP contribution in [0.3, 0.4) is 0 Å². The lowest BCUT2D eigenvalue weighted by Crippen LogP contribution is -2.25. The molecule has 0 atom stereocenters. The van der Waals surface area contributed by atoms with Gasteiger partial charge in [0.2, 0.25) is 5.91 Å². The number of H-pyrrole nitrogens is 1. The van der Waals surface area contributed by atoms with Crippen molar-refractivity contribution in [3.05, 3.63) is 23.8 Å². The van der Waals surface area contributed by atoms with E-state index in [0.29, 0.717) is 19.4 Å². The minimum atomic E-state index is -0.876. The molecule has 1 aromatic heterocycles. The highest BCUT2D eigenvalue weighted by Gasteiger charge is 2.04. The minimum absolute atomic E-state index is 0.0241. The van der Waals surface area contributed by atoms with E-state index >= 15 is 0 Å². The van der Waals surface area contributed by atoms with Gasteiger partial charge in [-0.05, 0) is 30.5 Å². The number of nitrogens with one attached hydrogen (secondary N) is 2. The number of carboxylic acids is 1. The number of benzene rings is 1. The Hall–Kier alpha value is -2.44. The summed E-state index contributed by atoms with van der Waals surface area (Å²) < 4.78 is 0. The molecular weight excluding hydrogens is 260 g/mol. The second-order valence-corrected chi connectivity index (χ2v) is 4.51. The van der Waals surface area contributed by atoms with Crippen molar-refractivity contribution in [1.29, 1.82) is 0 Å². The largest absolute Gasteiger partial charge is 0.481 e. The van der Waals surface area contributed by atoms with Crippen molar-refractivity contribution >= 4 is 22.9 Å². The SMILES string of the molecule is O=C(O)CCCC(=O)NCCc1ccc2[nH]nnc2c1. The summed E-state index contributed by atoms with van der Waals surface area (Å²) in [6.45, 7) is 0.523. The molecule has 0 saturated carbocycles. The van der Waals surface area contributed by atoms with Crippen LogP contribution >= 0.6 is 0 Å². The molecule has 7 heteroatoms. The van der Waals surface area contributed by atoms with E-state index in [1.54, 1.807) is 0 Å². The number of carboxylic acid groups (broad SMARTS) is 1. The van der Waals surface area contributed by atoms with Crippen LogP contribution < -0.4 is 5.32 Å². The van der Waals surface area contributed by atoms with Gasteiger partial charge in [0.25, 0.3) is 0 Å². The van der Waals surface area contributed by atoms with E-state index in [2.05, 4.69) is 20.7 Å². The maximum absolute atomic E-state index is 11.5. The first-order valence-corrected chi connectivity index (χ1v) is 6.43. The number of carbonyl (C=O) groups excluding carboxylic acids is 1. The molecule has 0 unspecified atom stereocenters. The van der Waals surface area contributed by atoms with Gasteiger partial charge in [-0.25, -0.2) is 0 Å². The zero-order valence-electron chi connectivity index (χ0n) is 10.9. The van der Waals surface area contributed by atoms with Crippen LogP contribution in [0.1, 0.15) is 24.8 Å². The summed E-state index contributed by atoms with van der Waals surface area (Å²) in [5.74, 6) is -0.993. The Morgan fingerprint density at radius 3 is 2.95 bits per heavy atom. The number of aliphatic carboxylic acids is 1. The molecule has 2 aromatic rings. The smallest absolute Gasteiger partial charge is 0.303 e. The number of rotatable bonds is 7. The average Bonchev–Trinajstić information content (AvgIpc) is 2.85. The zero-order chi connectivity index (χ0) is 14.4. The molecule has 2 rings (SSSR count). The normalized spacial score (nSPS) is 10.6. The summed E-state index contributed by atoms with van der Waals surface area (Å²) >= 11 is 0. The fourth-order valence-electron chi connectivity index (χ4n) is 1.88. The van der Waals surface area contributed by atoms with Gasteiger partial charge in [-0.2, -0.15) is 0 Å². The van der Waals surface area contributed by atoms with Crippen LogP contribution in [0.5, 0.6) is 0 Å². The van der Waals surface area contributed by atoms with E-state index in [4.69, 9.17) is 5.11 Å². The molecule has 1 amide bonds. The first kappa shape index (κ1) is 14.0. The standard InChI is InChI=1S/C13H16N4O3/c18-12(2-1-3-13(19)20)14-7-6-9-4-5-10-11(8-9)16-17-15-10/h4-5,8H,1-3,6-7H2,(H,14,18)(H,19,20)(H,15,16,17). The molecule has 0 bridgehead atoms. The third-order valence-corrected chi connectivity index (χ3v) is 2.92. The fraction of sp³-hybridized carbons (Fsp3) is 0.385. The van der Waals surface area contributed by atoms with Crippen molar-refractivity contribution in [2.45, 2.75) is 25.7 Å². The highest BCUT2D eigenvalue weighted by molar-refractivity contribution is 5.77. The molecule has 106 valence electrons. The number of carbonyl (C=O) groups is 2. The average molecular weight is 276 g/mol. The predicted octanol–water partition coefficient (Wildman–Crippen LogP) is 0.871. The van der Waals surface area contributed by atoms with E-state index in [1.807, 2.05) is 18.2 Å². The van der Waals surface area contributed by atoms with Crippen LogP contribution in [0.25, 0.3) is 11.0 Å². The molecule has 0 aliphatic carbocycles. The molecule has 3 N–H and O–H groups in total. The van der Waals surface area contributed by atoms with Crippen molar-refractivity contribution < 1.29 is 14.7 Å². The molecule has 0 aliphatic rings. The third kappa shape index (κ3) is 4.04. The number of hydrogen-bond acceptors (Lipinski definition) is 4. The van der Waals surface area contributed by atoms with Gasteiger partial charge in [0.1, 0.15) is 5.52 Å². The lowest BCUT2D eigenvalue weighted by atomic mass is 10.1. The van der Waals surface area contributed by atoms with Crippen LogP contribution in [0, 0.1) is 0 Å². The van der Waals surface area contributed by atoms with Gasteiger partial charge in [-0.1, -0.05) is 11.3 Å². The number of aromatic amines is 1. The summed E-state index contributed by atoms with van der Waals surface area (Å²) in [5, 5.41) is 21.7. The number of fused-ring (bicyclic) bond motifs is 1. The summed E-state index contributed by atoms with van der Waals surface area (Å²) in [4.78, 5) is 21.8. The Balaban J connectivity index is 1.72. The van der Waals surface area contributed by atoms with Gasteiger partial charge < -0.3 is 10.4 Å². The van der Waals surface area contributed by atoms with E-state index < -0.39 is 5.97 Å². The van der Waals surface area contributed by atoms with Crippen LogP contribution in [0.2, 0.25) is 0 Å². The van der Waals surface area contributed by atoms with Crippen molar-refractivity contribution in [2.24, 2.45) is 0 Å². The highest BCUT2D eigenvalue weighted by atomic mass is 16.4. The lowest BCUT2D eigenvalue weighted by molar-refractivity contribution is -0.137. The molecule has 0 radical (unpaired) electrons. The van der Waals surface area contributed by atoms with E-state index in [1.165, 1.54) is 0 Å². The molecule has 0 fully saturated rings. The Kier molecular flexibility index (Phi) is 4.65. The zero-order valence-corrected chi connectivity index (χ0v) is 10.9. The summed E-state index contributed by atoms with van der Waals surface area (Å²) in [6.07, 6.45) is 1.34. The number of hydrogen-bond donors (Lipinski definition) is 3. The Morgan fingerprint density at radius 2 is 2.15 bits per heavy atom. The highest BCUT2D eigenvalue weighted by Crippen LogP contribution is 2.10. The van der Waals surface area contributed by atoms with Gasteiger partial charge in [0.15, 0.2) is 0 Å². The minimum Gasteiger partial charge on any atom is -0.481 e. The van der Waals surface area contributed by atoms with Gasteiger partial charge in [0, 0.05) is 19.4 Å². The molecule has 20 heavy (non-hydrogen) atoms. The number of aromatic nitrogens is 3. The first-order valence-electron chi connectivity index (χ1n) is 6.43. The molecule has 0 spiro atoms. The maximum Gasteiger partial charge on any atom is 0.303 e. The lowest BCUT2D eigenvalue weighted by Gasteiger charge is -2.04. The summed E-state index contributed by atoms with van der Waals surface area (Å²) in [6, 6.07) is 5.79. The van der Waals surface area contributed by atoms with Gasteiger partial charge >= 0.3 is 5.97 Å². The van der Waals surface area contributed by atoms with Crippen molar-refractivity contribution in [3.8, 4) is 0 Å². The second-order valence-electron chi connectivity index (χ2n) is 4.51. The molecule has 7 nitrogen and oxygen atoms in total. The van der Waals surface area contributed by atoms with Crippen molar-refractivity contribution in [1.82, 2.24) is 20.7 Å². The first-order chi connectivity index (χ1) is 9.65. The van der Waals surface area contributed by atoms with Gasteiger partial charge in [-0.15, -0.1) is 5.10 Å². The Labute approximate surface area is 115 Å². The summed E-state index contributed by atoms with van der Waals surface area (Å²) in [7, 11) is 0. The van der Waals surface area contributed by atoms with Crippen LogP contribution in [-0.2, 0) is 16.0 Å². The van der Waals surface area contributed by atoms with E-state index in [9.17, 15) is 9.59 Å². The molecule has 1 heterocycles. The number of amides is 1. The molecule has 1 aromatic carbocycles. The van der Waals surface area contributed by atoms with Gasteiger partial charge in [-0.3, -0.25) is 14.7 Å². The predicted molar refractivity (Wildman–Crippen MR) is 72.1 cm³/mol. The molecule has 0 aliphatic heterocycles. The third-order valence-electron chi connectivity index (χ3n) is 2.92. The second kappa shape index (κ2) is 6.65. The van der Waals surface area contributed by atoms with Crippen molar-refractivity contribution in [2.75, 3.05) is 6.54 Å². The van der Waals surface area contributed by atoms with Crippen LogP contribution in [-0.4, -0.2) is 38.9 Å². The van der Waals surface area contributed by atoms with E-state index in [0.717, 1.165) is 16.6 Å². The van der Waals surface area contributed by atoms with Gasteiger partial charge in [0.05, 0.1) is 5.52 Å². The van der Waals surface area contributed by atoms with Crippen LogP contribution in [0.15, 0.2) is 18.2 Å². The number of nitrogens with zero attached hydrogens (tertiary/aromatic N) is 2. The Bertz CT molecular complexity index is 608. The fourth-order valence-corrected chi connectivity index (χ4v) is 1.88. The van der Waals surface area contributed by atoms with E-state index in [-0.39, 0.29) is 18.7 Å².